The van der Waals surface area contributed by atoms with Gasteiger partial charge >= 0.3 is 11.9 Å². The van der Waals surface area contributed by atoms with Crippen molar-refractivity contribution in [2.24, 2.45) is 0 Å². The number of carbonyl (C=O) groups excluding carboxylic acids is 1. The minimum Gasteiger partial charge on any atom is -0.481 e. The van der Waals surface area contributed by atoms with Gasteiger partial charge in [0, 0.05) is 0 Å². The summed E-state index contributed by atoms with van der Waals surface area (Å²) in [5.74, 6) is -1.76. The van der Waals surface area contributed by atoms with Crippen LogP contribution in [0.25, 0.3) is 0 Å². The first-order valence-corrected chi connectivity index (χ1v) is 7.07. The van der Waals surface area contributed by atoms with Crippen LogP contribution in [0.15, 0.2) is 60.7 Å². The fourth-order valence-corrected chi connectivity index (χ4v) is 1.91. The number of hydrogen-bond donors (Lipinski definition) is 2. The molecular formula is C18H20O5. The predicted octanol–water partition coefficient (Wildman–Crippen LogP) is 2.25. The van der Waals surface area contributed by atoms with E-state index in [-0.39, 0.29) is 13.0 Å². The summed E-state index contributed by atoms with van der Waals surface area (Å²) in [4.78, 5) is 21.3. The quantitative estimate of drug-likeness (QED) is 0.827. The van der Waals surface area contributed by atoms with Crippen LogP contribution in [0.4, 0.5) is 0 Å². The van der Waals surface area contributed by atoms with Gasteiger partial charge in [-0.15, -0.1) is 0 Å². The van der Waals surface area contributed by atoms with Crippen molar-refractivity contribution < 1.29 is 24.5 Å². The third-order valence-electron chi connectivity index (χ3n) is 3.07. The number of methoxy groups -OCH3 is 1. The zero-order valence-electron chi connectivity index (χ0n) is 12.9. The van der Waals surface area contributed by atoms with Gasteiger partial charge in [-0.05, 0) is 11.1 Å². The number of carboxylic acid groups (broad SMARTS) is 1. The predicted molar refractivity (Wildman–Crippen MR) is 86.1 cm³/mol. The summed E-state index contributed by atoms with van der Waals surface area (Å²) in [6.45, 7) is -0.226. The molecule has 2 aromatic rings. The summed E-state index contributed by atoms with van der Waals surface area (Å²) in [5, 5.41) is 17.3. The highest BCUT2D eigenvalue weighted by Crippen LogP contribution is 2.15. The molecule has 0 aliphatic heterocycles. The molecule has 2 rings (SSSR count). The van der Waals surface area contributed by atoms with E-state index < -0.39 is 17.9 Å². The molecule has 23 heavy (non-hydrogen) atoms. The highest BCUT2D eigenvalue weighted by atomic mass is 16.5. The molecule has 5 nitrogen and oxygen atoms in total. The standard InChI is InChI=1S/C10H12O3.C8H8O2/c1-13-10(12)9(7-11)8-5-3-2-4-6-8;9-8(10)6-7-4-2-1-3-5-7/h2-6,9,11H,7H2,1H3;1-5H,6H2,(H,9,10). The Balaban J connectivity index is 0.000000238. The molecule has 0 fully saturated rings. The molecular weight excluding hydrogens is 296 g/mol. The van der Waals surface area contributed by atoms with Gasteiger partial charge in [0.15, 0.2) is 0 Å². The van der Waals surface area contributed by atoms with Crippen LogP contribution in [0.5, 0.6) is 0 Å². The van der Waals surface area contributed by atoms with E-state index in [0.29, 0.717) is 0 Å². The lowest BCUT2D eigenvalue weighted by Crippen LogP contribution is -2.17. The Morgan fingerprint density at radius 3 is 1.96 bits per heavy atom. The Labute approximate surface area is 135 Å². The van der Waals surface area contributed by atoms with Crippen LogP contribution in [0.3, 0.4) is 0 Å². The number of esters is 1. The number of carbonyl (C=O) groups is 2. The van der Waals surface area contributed by atoms with Crippen LogP contribution in [0.2, 0.25) is 0 Å². The maximum atomic E-state index is 11.2. The van der Waals surface area contributed by atoms with Gasteiger partial charge in [0.1, 0.15) is 5.92 Å². The number of aliphatic hydroxyl groups is 1. The molecule has 0 aliphatic rings. The summed E-state index contributed by atoms with van der Waals surface area (Å²) in [6, 6.07) is 18.2. The third kappa shape index (κ3) is 6.76. The number of benzene rings is 2. The molecule has 0 heterocycles. The molecule has 0 saturated carbocycles. The average molecular weight is 316 g/mol. The van der Waals surface area contributed by atoms with E-state index in [9.17, 15) is 9.59 Å². The van der Waals surface area contributed by atoms with Crippen molar-refractivity contribution in [3.63, 3.8) is 0 Å². The van der Waals surface area contributed by atoms with Crippen LogP contribution in [-0.2, 0) is 20.7 Å². The first-order valence-electron chi connectivity index (χ1n) is 7.07. The minimum absolute atomic E-state index is 0.112. The second-order valence-electron chi connectivity index (χ2n) is 4.73. The Morgan fingerprint density at radius 1 is 1.00 bits per heavy atom. The molecule has 1 atom stereocenters. The van der Waals surface area contributed by atoms with Gasteiger partial charge in [0.05, 0.1) is 20.1 Å². The maximum Gasteiger partial charge on any atom is 0.315 e. The van der Waals surface area contributed by atoms with Gasteiger partial charge in [-0.2, -0.15) is 0 Å². The van der Waals surface area contributed by atoms with E-state index in [0.717, 1.165) is 11.1 Å². The normalized spacial score (nSPS) is 10.9. The second-order valence-corrected chi connectivity index (χ2v) is 4.73. The average Bonchev–Trinajstić information content (AvgIpc) is 2.57. The molecule has 2 N–H and O–H groups in total. The monoisotopic (exact) mass is 316 g/mol. The largest absolute Gasteiger partial charge is 0.481 e. The van der Waals surface area contributed by atoms with Crippen molar-refractivity contribution in [2.75, 3.05) is 13.7 Å². The van der Waals surface area contributed by atoms with Crippen LogP contribution in [0, 0.1) is 0 Å². The Bertz CT molecular complexity index is 595. The molecule has 5 heteroatoms. The molecule has 0 saturated heterocycles. The highest BCUT2D eigenvalue weighted by molar-refractivity contribution is 5.78. The van der Waals surface area contributed by atoms with E-state index in [2.05, 4.69) is 4.74 Å². The van der Waals surface area contributed by atoms with Crippen LogP contribution in [-0.4, -0.2) is 35.9 Å². The molecule has 0 spiro atoms. The summed E-state index contributed by atoms with van der Waals surface area (Å²) in [7, 11) is 1.31. The smallest absolute Gasteiger partial charge is 0.315 e. The summed E-state index contributed by atoms with van der Waals surface area (Å²) >= 11 is 0. The Morgan fingerprint density at radius 2 is 1.52 bits per heavy atom. The van der Waals surface area contributed by atoms with Crippen LogP contribution in [0.1, 0.15) is 17.0 Å². The van der Waals surface area contributed by atoms with Gasteiger partial charge < -0.3 is 14.9 Å². The highest BCUT2D eigenvalue weighted by Gasteiger charge is 2.19. The van der Waals surface area contributed by atoms with Gasteiger partial charge in [0.25, 0.3) is 0 Å². The number of ether oxygens (including phenoxy) is 1. The summed E-state index contributed by atoms with van der Waals surface area (Å²) in [6.07, 6.45) is 0.112. The SMILES string of the molecule is COC(=O)C(CO)c1ccccc1.O=C(O)Cc1ccccc1. The van der Waals surface area contributed by atoms with E-state index in [4.69, 9.17) is 10.2 Å². The van der Waals surface area contributed by atoms with Gasteiger partial charge in [-0.3, -0.25) is 9.59 Å². The number of rotatable bonds is 5. The number of aliphatic hydroxyl groups excluding tert-OH is 1. The topological polar surface area (TPSA) is 83.8 Å². The Hall–Kier alpha value is -2.66. The lowest BCUT2D eigenvalue weighted by atomic mass is 10.0. The van der Waals surface area contributed by atoms with Crippen molar-refractivity contribution in [3.05, 3.63) is 71.8 Å². The van der Waals surface area contributed by atoms with Crippen molar-refractivity contribution in [1.29, 1.82) is 0 Å². The minimum atomic E-state index is -0.786. The van der Waals surface area contributed by atoms with E-state index in [1.54, 1.807) is 24.3 Å². The molecule has 1 unspecified atom stereocenters. The molecule has 0 radical (unpaired) electrons. The van der Waals surface area contributed by atoms with Crippen molar-refractivity contribution in [2.45, 2.75) is 12.3 Å². The summed E-state index contributed by atoms with van der Waals surface area (Å²) < 4.78 is 4.56. The first kappa shape index (κ1) is 18.4. The molecule has 0 amide bonds. The molecule has 0 aromatic heterocycles. The summed E-state index contributed by atoms with van der Waals surface area (Å²) in [5.41, 5.74) is 1.62. The zero-order valence-corrected chi connectivity index (χ0v) is 12.9. The van der Waals surface area contributed by atoms with Crippen molar-refractivity contribution >= 4 is 11.9 Å². The first-order chi connectivity index (χ1) is 11.1. The number of hydrogen-bond acceptors (Lipinski definition) is 4. The van der Waals surface area contributed by atoms with Gasteiger partial charge in [-0.1, -0.05) is 60.7 Å². The molecule has 122 valence electrons. The van der Waals surface area contributed by atoms with Crippen molar-refractivity contribution in [1.82, 2.24) is 0 Å². The Kier molecular flexibility index (Phi) is 8.10. The number of carboxylic acids is 1. The maximum absolute atomic E-state index is 11.2. The zero-order chi connectivity index (χ0) is 17.1. The van der Waals surface area contributed by atoms with E-state index >= 15 is 0 Å². The fourth-order valence-electron chi connectivity index (χ4n) is 1.91. The van der Waals surface area contributed by atoms with E-state index in [1.165, 1.54) is 7.11 Å². The molecule has 0 aliphatic carbocycles. The lowest BCUT2D eigenvalue weighted by Gasteiger charge is -2.11. The van der Waals surface area contributed by atoms with Gasteiger partial charge in [0.2, 0.25) is 0 Å². The second kappa shape index (κ2) is 10.1. The van der Waals surface area contributed by atoms with Crippen molar-refractivity contribution in [3.8, 4) is 0 Å². The van der Waals surface area contributed by atoms with E-state index in [1.807, 2.05) is 36.4 Å². The lowest BCUT2D eigenvalue weighted by molar-refractivity contribution is -0.143. The molecule has 0 bridgehead atoms. The van der Waals surface area contributed by atoms with Gasteiger partial charge in [-0.25, -0.2) is 0 Å². The fraction of sp³-hybridized carbons (Fsp3) is 0.222. The molecule has 2 aromatic carbocycles. The number of aliphatic carboxylic acids is 1. The van der Waals surface area contributed by atoms with Crippen LogP contribution < -0.4 is 0 Å². The van der Waals surface area contributed by atoms with Crippen LogP contribution >= 0.6 is 0 Å². The third-order valence-corrected chi connectivity index (χ3v) is 3.07.